The summed E-state index contributed by atoms with van der Waals surface area (Å²) < 4.78 is 15.7. The molecule has 0 spiro atoms. The molecule has 0 aliphatic carbocycles. The fraction of sp³-hybridized carbons (Fsp3) is 0.333. The zero-order chi connectivity index (χ0) is 19.5. The van der Waals surface area contributed by atoms with Gasteiger partial charge in [-0.15, -0.1) is 0 Å². The number of aryl methyl sites for hydroxylation is 1. The summed E-state index contributed by atoms with van der Waals surface area (Å²) in [6, 6.07) is 14.8. The number of ether oxygens (including phenoxy) is 3. The lowest BCUT2D eigenvalue weighted by atomic mass is 10.1. The second kappa shape index (κ2) is 10.9. The first-order valence-electron chi connectivity index (χ1n) is 8.92. The van der Waals surface area contributed by atoms with Gasteiger partial charge in [-0.1, -0.05) is 30.3 Å². The molecule has 6 heteroatoms. The quantitative estimate of drug-likeness (QED) is 0.513. The fourth-order valence-corrected chi connectivity index (χ4v) is 2.50. The predicted octanol–water partition coefficient (Wildman–Crippen LogP) is 3.00. The zero-order valence-corrected chi connectivity index (χ0v) is 15.7. The third kappa shape index (κ3) is 6.66. The Morgan fingerprint density at radius 2 is 1.81 bits per heavy atom. The van der Waals surface area contributed by atoms with Crippen LogP contribution in [-0.2, 0) is 16.0 Å². The minimum Gasteiger partial charge on any atom is -0.493 e. The van der Waals surface area contributed by atoms with Crippen molar-refractivity contribution in [1.82, 2.24) is 5.32 Å². The normalized spacial score (nSPS) is 10.1. The smallest absolute Gasteiger partial charge is 0.338 e. The molecular weight excluding hydrogens is 346 g/mol. The van der Waals surface area contributed by atoms with E-state index < -0.39 is 5.97 Å². The van der Waals surface area contributed by atoms with Crippen LogP contribution in [0.15, 0.2) is 48.5 Å². The van der Waals surface area contributed by atoms with Gasteiger partial charge in [0.25, 0.3) is 5.91 Å². The van der Waals surface area contributed by atoms with Crippen molar-refractivity contribution in [1.29, 1.82) is 0 Å². The zero-order valence-electron chi connectivity index (χ0n) is 15.7. The summed E-state index contributed by atoms with van der Waals surface area (Å²) in [4.78, 5) is 23.9. The Morgan fingerprint density at radius 3 is 2.52 bits per heavy atom. The molecule has 2 aromatic rings. The molecule has 0 heterocycles. The van der Waals surface area contributed by atoms with Crippen molar-refractivity contribution in [2.75, 3.05) is 26.9 Å². The summed E-state index contributed by atoms with van der Waals surface area (Å²) in [7, 11) is 1.50. The molecule has 0 unspecified atom stereocenters. The van der Waals surface area contributed by atoms with E-state index in [0.717, 1.165) is 12.8 Å². The third-order valence-electron chi connectivity index (χ3n) is 3.84. The largest absolute Gasteiger partial charge is 0.493 e. The van der Waals surface area contributed by atoms with Crippen LogP contribution in [0, 0.1) is 0 Å². The van der Waals surface area contributed by atoms with Crippen LogP contribution < -0.4 is 14.8 Å². The topological polar surface area (TPSA) is 73.9 Å². The van der Waals surface area contributed by atoms with Crippen LogP contribution in [0.25, 0.3) is 0 Å². The lowest BCUT2D eigenvalue weighted by Gasteiger charge is -2.11. The van der Waals surface area contributed by atoms with E-state index in [4.69, 9.17) is 14.2 Å². The average Bonchev–Trinajstić information content (AvgIpc) is 2.70. The van der Waals surface area contributed by atoms with Crippen LogP contribution in [0.1, 0.15) is 29.3 Å². The van der Waals surface area contributed by atoms with Crippen LogP contribution in [0.4, 0.5) is 0 Å². The SMILES string of the molecule is CCOc1ccc(C(=O)OCC(=O)NCCCc2ccccc2)cc1OC. The van der Waals surface area contributed by atoms with Crippen molar-refractivity contribution in [2.45, 2.75) is 19.8 Å². The van der Waals surface area contributed by atoms with Gasteiger partial charge in [0.1, 0.15) is 0 Å². The summed E-state index contributed by atoms with van der Waals surface area (Å²) in [5.74, 6) is 0.0782. The maximum Gasteiger partial charge on any atom is 0.338 e. The van der Waals surface area contributed by atoms with Crippen molar-refractivity contribution >= 4 is 11.9 Å². The minimum absolute atomic E-state index is 0.298. The number of nitrogens with one attached hydrogen (secondary N) is 1. The van der Waals surface area contributed by atoms with Crippen molar-refractivity contribution < 1.29 is 23.8 Å². The van der Waals surface area contributed by atoms with Crippen LogP contribution in [0.2, 0.25) is 0 Å². The van der Waals surface area contributed by atoms with E-state index in [1.807, 2.05) is 25.1 Å². The number of esters is 1. The molecule has 27 heavy (non-hydrogen) atoms. The molecule has 0 atom stereocenters. The fourth-order valence-electron chi connectivity index (χ4n) is 2.50. The monoisotopic (exact) mass is 371 g/mol. The van der Waals surface area contributed by atoms with Crippen LogP contribution in [0.3, 0.4) is 0 Å². The molecule has 0 aliphatic rings. The summed E-state index contributed by atoms with van der Waals surface area (Å²) in [5.41, 5.74) is 1.52. The molecule has 0 aliphatic heterocycles. The number of amides is 1. The van der Waals surface area contributed by atoms with E-state index in [9.17, 15) is 9.59 Å². The van der Waals surface area contributed by atoms with Gasteiger partial charge in [0.15, 0.2) is 18.1 Å². The first-order chi connectivity index (χ1) is 13.1. The predicted molar refractivity (Wildman–Crippen MR) is 102 cm³/mol. The van der Waals surface area contributed by atoms with Gasteiger partial charge in [-0.05, 0) is 43.5 Å². The Balaban J connectivity index is 1.73. The molecular formula is C21H25NO5. The Morgan fingerprint density at radius 1 is 1.04 bits per heavy atom. The standard InChI is InChI=1S/C21H25NO5/c1-3-26-18-12-11-17(14-19(18)25-2)21(24)27-15-20(23)22-13-7-10-16-8-5-4-6-9-16/h4-6,8-9,11-12,14H,3,7,10,13,15H2,1-2H3,(H,22,23). The molecule has 0 saturated heterocycles. The number of rotatable bonds is 10. The maximum absolute atomic E-state index is 12.1. The highest BCUT2D eigenvalue weighted by molar-refractivity contribution is 5.92. The van der Waals surface area contributed by atoms with E-state index in [2.05, 4.69) is 17.4 Å². The summed E-state index contributed by atoms with van der Waals surface area (Å²) in [5, 5.41) is 2.75. The van der Waals surface area contributed by atoms with Gasteiger partial charge in [0.05, 0.1) is 19.3 Å². The van der Waals surface area contributed by atoms with E-state index in [1.54, 1.807) is 12.1 Å². The lowest BCUT2D eigenvalue weighted by molar-refractivity contribution is -0.124. The molecule has 0 radical (unpaired) electrons. The highest BCUT2D eigenvalue weighted by atomic mass is 16.5. The van der Waals surface area contributed by atoms with Gasteiger partial charge < -0.3 is 19.5 Å². The van der Waals surface area contributed by atoms with Gasteiger partial charge in [-0.25, -0.2) is 4.79 Å². The average molecular weight is 371 g/mol. The van der Waals surface area contributed by atoms with E-state index >= 15 is 0 Å². The molecule has 0 fully saturated rings. The molecule has 1 amide bonds. The number of benzene rings is 2. The number of methoxy groups -OCH3 is 1. The van der Waals surface area contributed by atoms with E-state index in [1.165, 1.54) is 18.7 Å². The second-order valence-corrected chi connectivity index (χ2v) is 5.81. The number of carbonyl (C=O) groups excluding carboxylic acids is 2. The molecule has 0 bridgehead atoms. The Labute approximate surface area is 159 Å². The lowest BCUT2D eigenvalue weighted by Crippen LogP contribution is -2.29. The van der Waals surface area contributed by atoms with Crippen molar-refractivity contribution in [3.05, 3.63) is 59.7 Å². The van der Waals surface area contributed by atoms with E-state index in [0.29, 0.717) is 30.2 Å². The minimum atomic E-state index is -0.587. The second-order valence-electron chi connectivity index (χ2n) is 5.81. The summed E-state index contributed by atoms with van der Waals surface area (Å²) in [6.07, 6.45) is 1.70. The molecule has 6 nitrogen and oxygen atoms in total. The van der Waals surface area contributed by atoms with E-state index in [-0.39, 0.29) is 12.5 Å². The first kappa shape index (κ1) is 20.3. The molecule has 0 aromatic heterocycles. The summed E-state index contributed by atoms with van der Waals surface area (Å²) in [6.45, 7) is 2.56. The van der Waals surface area contributed by atoms with Gasteiger partial charge in [0.2, 0.25) is 0 Å². The van der Waals surface area contributed by atoms with Crippen LogP contribution in [-0.4, -0.2) is 38.7 Å². The number of hydrogen-bond acceptors (Lipinski definition) is 5. The first-order valence-corrected chi connectivity index (χ1v) is 8.92. The molecule has 0 saturated carbocycles. The van der Waals surface area contributed by atoms with Gasteiger partial charge in [-0.3, -0.25) is 4.79 Å². The molecule has 1 N–H and O–H groups in total. The van der Waals surface area contributed by atoms with Crippen molar-refractivity contribution in [3.8, 4) is 11.5 Å². The molecule has 144 valence electrons. The Kier molecular flexibility index (Phi) is 8.16. The maximum atomic E-state index is 12.1. The Bertz CT molecular complexity index is 745. The van der Waals surface area contributed by atoms with Crippen molar-refractivity contribution in [3.63, 3.8) is 0 Å². The van der Waals surface area contributed by atoms with Gasteiger partial charge in [0, 0.05) is 6.54 Å². The highest BCUT2D eigenvalue weighted by Crippen LogP contribution is 2.28. The van der Waals surface area contributed by atoms with Gasteiger partial charge >= 0.3 is 5.97 Å². The third-order valence-corrected chi connectivity index (χ3v) is 3.84. The molecule has 2 rings (SSSR count). The van der Waals surface area contributed by atoms with Crippen LogP contribution in [0.5, 0.6) is 11.5 Å². The van der Waals surface area contributed by atoms with Crippen molar-refractivity contribution in [2.24, 2.45) is 0 Å². The number of hydrogen-bond donors (Lipinski definition) is 1. The molecule has 2 aromatic carbocycles. The highest BCUT2D eigenvalue weighted by Gasteiger charge is 2.13. The van der Waals surface area contributed by atoms with Crippen LogP contribution >= 0.6 is 0 Å². The Hall–Kier alpha value is -3.02. The number of carbonyl (C=O) groups is 2. The van der Waals surface area contributed by atoms with Gasteiger partial charge in [-0.2, -0.15) is 0 Å². The summed E-state index contributed by atoms with van der Waals surface area (Å²) >= 11 is 0.